The van der Waals surface area contributed by atoms with Crippen molar-refractivity contribution in [1.29, 1.82) is 0 Å². The quantitative estimate of drug-likeness (QED) is 0.525. The lowest BCUT2D eigenvalue weighted by Crippen LogP contribution is -2.21. The molecule has 4 aromatic rings. The highest BCUT2D eigenvalue weighted by atomic mass is 19.1. The fourth-order valence-electron chi connectivity index (χ4n) is 2.89. The van der Waals surface area contributed by atoms with E-state index in [0.717, 1.165) is 12.8 Å². The zero-order valence-corrected chi connectivity index (χ0v) is 14.6. The van der Waals surface area contributed by atoms with Crippen molar-refractivity contribution >= 4 is 0 Å². The van der Waals surface area contributed by atoms with E-state index in [0.29, 0.717) is 17.3 Å². The highest BCUT2D eigenvalue weighted by Gasteiger charge is 2.29. The number of pyridine rings is 1. The fourth-order valence-corrected chi connectivity index (χ4v) is 2.89. The summed E-state index contributed by atoms with van der Waals surface area (Å²) < 4.78 is 25.7. The molecule has 3 aromatic heterocycles. The molecule has 0 unspecified atom stereocenters. The lowest BCUT2D eigenvalue weighted by molar-refractivity contribution is 0.369. The molecule has 9 heteroatoms. The van der Waals surface area contributed by atoms with E-state index in [2.05, 4.69) is 20.3 Å². The molecule has 0 saturated heterocycles. The molecule has 0 radical (unpaired) electrons. The Balaban J connectivity index is 1.43. The van der Waals surface area contributed by atoms with Crippen LogP contribution in [0, 0.1) is 5.82 Å². The summed E-state index contributed by atoms with van der Waals surface area (Å²) in [5, 5.41) is 7.74. The maximum atomic E-state index is 13.9. The molecule has 28 heavy (non-hydrogen) atoms. The van der Waals surface area contributed by atoms with Gasteiger partial charge >= 0.3 is 0 Å². The van der Waals surface area contributed by atoms with Gasteiger partial charge in [-0.05, 0) is 37.1 Å². The van der Waals surface area contributed by atoms with Gasteiger partial charge in [-0.25, -0.2) is 4.39 Å². The third-order valence-electron chi connectivity index (χ3n) is 4.52. The first-order valence-corrected chi connectivity index (χ1v) is 8.80. The Hall–Kier alpha value is -3.62. The summed E-state index contributed by atoms with van der Waals surface area (Å²) in [7, 11) is 0. The maximum absolute atomic E-state index is 13.9. The van der Waals surface area contributed by atoms with Gasteiger partial charge in [0.05, 0.1) is 5.56 Å². The molecule has 0 bridgehead atoms. The number of benzene rings is 1. The van der Waals surface area contributed by atoms with Crippen molar-refractivity contribution < 1.29 is 13.4 Å². The molecule has 0 spiro atoms. The van der Waals surface area contributed by atoms with Crippen molar-refractivity contribution in [2.24, 2.45) is 0 Å². The van der Waals surface area contributed by atoms with Crippen LogP contribution in [0.25, 0.3) is 22.8 Å². The zero-order valence-electron chi connectivity index (χ0n) is 14.6. The van der Waals surface area contributed by atoms with Crippen LogP contribution in [-0.2, 0) is 6.54 Å². The second-order valence-corrected chi connectivity index (χ2v) is 6.58. The van der Waals surface area contributed by atoms with Crippen molar-refractivity contribution in [2.75, 3.05) is 0 Å². The van der Waals surface area contributed by atoms with Crippen LogP contribution in [-0.4, -0.2) is 24.8 Å². The number of aromatic nitrogens is 5. The van der Waals surface area contributed by atoms with E-state index >= 15 is 0 Å². The first-order valence-electron chi connectivity index (χ1n) is 8.80. The Kier molecular flexibility index (Phi) is 3.85. The molecule has 0 N–H and O–H groups in total. The van der Waals surface area contributed by atoms with Crippen molar-refractivity contribution in [3.05, 3.63) is 70.5 Å². The summed E-state index contributed by atoms with van der Waals surface area (Å²) in [6, 6.07) is 9.47. The van der Waals surface area contributed by atoms with Gasteiger partial charge in [-0.3, -0.25) is 4.79 Å². The fraction of sp³-hybridized carbons (Fsp3) is 0.211. The SMILES string of the molecule is O=c1c(-c2nc(C3CC3)no2)cccn1Cc1nc(-c2ccccc2F)no1. The molecule has 0 amide bonds. The van der Waals surface area contributed by atoms with Crippen LogP contribution in [0.2, 0.25) is 0 Å². The summed E-state index contributed by atoms with van der Waals surface area (Å²) in [4.78, 5) is 21.3. The molecule has 1 fully saturated rings. The Bertz CT molecular complexity index is 1210. The van der Waals surface area contributed by atoms with Gasteiger partial charge < -0.3 is 13.6 Å². The van der Waals surface area contributed by atoms with Gasteiger partial charge in [0.1, 0.15) is 17.9 Å². The normalized spacial score (nSPS) is 13.8. The highest BCUT2D eigenvalue weighted by molar-refractivity contribution is 5.55. The predicted molar refractivity (Wildman–Crippen MR) is 94.8 cm³/mol. The van der Waals surface area contributed by atoms with Crippen LogP contribution in [0.4, 0.5) is 4.39 Å². The summed E-state index contributed by atoms with van der Waals surface area (Å²) in [5.41, 5.74) is 0.215. The van der Waals surface area contributed by atoms with Crippen LogP contribution >= 0.6 is 0 Å². The largest absolute Gasteiger partial charge is 0.337 e. The first-order chi connectivity index (χ1) is 13.7. The Morgan fingerprint density at radius 1 is 1.04 bits per heavy atom. The second kappa shape index (κ2) is 6.52. The maximum Gasteiger partial charge on any atom is 0.263 e. The van der Waals surface area contributed by atoms with E-state index in [9.17, 15) is 9.18 Å². The summed E-state index contributed by atoms with van der Waals surface area (Å²) in [6.07, 6.45) is 3.68. The highest BCUT2D eigenvalue weighted by Crippen LogP contribution is 2.38. The molecule has 0 atom stereocenters. The van der Waals surface area contributed by atoms with E-state index in [1.54, 1.807) is 36.5 Å². The second-order valence-electron chi connectivity index (χ2n) is 6.58. The molecular weight excluding hydrogens is 365 g/mol. The summed E-state index contributed by atoms with van der Waals surface area (Å²) in [5.74, 6) is 1.02. The van der Waals surface area contributed by atoms with Gasteiger partial charge in [0.25, 0.3) is 11.4 Å². The molecule has 3 heterocycles. The third kappa shape index (κ3) is 3.00. The Morgan fingerprint density at radius 2 is 1.86 bits per heavy atom. The molecule has 1 saturated carbocycles. The van der Waals surface area contributed by atoms with Gasteiger partial charge in [-0.15, -0.1) is 0 Å². The van der Waals surface area contributed by atoms with E-state index < -0.39 is 5.82 Å². The summed E-state index contributed by atoms with van der Waals surface area (Å²) >= 11 is 0. The smallest absolute Gasteiger partial charge is 0.263 e. The van der Waals surface area contributed by atoms with Crippen LogP contribution in [0.1, 0.15) is 30.5 Å². The zero-order chi connectivity index (χ0) is 19.1. The Labute approximate surface area is 157 Å². The van der Waals surface area contributed by atoms with Crippen LogP contribution in [0.15, 0.2) is 56.4 Å². The minimum atomic E-state index is -0.447. The minimum absolute atomic E-state index is 0.0394. The van der Waals surface area contributed by atoms with Crippen LogP contribution in [0.3, 0.4) is 0 Å². The lowest BCUT2D eigenvalue weighted by Gasteiger charge is -2.02. The van der Waals surface area contributed by atoms with Crippen molar-refractivity contribution in [1.82, 2.24) is 24.8 Å². The van der Waals surface area contributed by atoms with E-state index in [-0.39, 0.29) is 35.3 Å². The molecule has 5 rings (SSSR count). The molecule has 0 aliphatic heterocycles. The average molecular weight is 379 g/mol. The summed E-state index contributed by atoms with van der Waals surface area (Å²) in [6.45, 7) is 0.0394. The Morgan fingerprint density at radius 3 is 2.68 bits per heavy atom. The lowest BCUT2D eigenvalue weighted by atomic mass is 10.2. The van der Waals surface area contributed by atoms with E-state index in [1.807, 2.05) is 0 Å². The monoisotopic (exact) mass is 379 g/mol. The van der Waals surface area contributed by atoms with Gasteiger partial charge in [0.15, 0.2) is 5.82 Å². The first kappa shape index (κ1) is 16.5. The van der Waals surface area contributed by atoms with Gasteiger partial charge in [-0.2, -0.15) is 9.97 Å². The third-order valence-corrected chi connectivity index (χ3v) is 4.52. The number of halogens is 1. The van der Waals surface area contributed by atoms with Crippen LogP contribution in [0.5, 0.6) is 0 Å². The van der Waals surface area contributed by atoms with Crippen molar-refractivity contribution in [3.63, 3.8) is 0 Å². The molecule has 1 aromatic carbocycles. The number of nitrogens with zero attached hydrogens (tertiary/aromatic N) is 5. The number of rotatable bonds is 5. The molecule has 1 aliphatic rings. The predicted octanol–water partition coefficient (Wildman–Crippen LogP) is 3.01. The van der Waals surface area contributed by atoms with Gasteiger partial charge in [0, 0.05) is 12.1 Å². The molecular formula is C19H14FN5O3. The molecule has 140 valence electrons. The van der Waals surface area contributed by atoms with Crippen molar-refractivity contribution in [3.8, 4) is 22.8 Å². The van der Waals surface area contributed by atoms with Crippen molar-refractivity contribution in [2.45, 2.75) is 25.3 Å². The minimum Gasteiger partial charge on any atom is -0.337 e. The topological polar surface area (TPSA) is 99.8 Å². The molecule has 8 nitrogen and oxygen atoms in total. The standard InChI is InChI=1S/C19H14FN5O3/c20-14-6-2-1-4-12(14)17-21-15(27-24-17)10-25-9-3-5-13(19(25)26)18-22-16(23-28-18)11-7-8-11/h1-6,9,11H,7-8,10H2. The van der Waals surface area contributed by atoms with E-state index in [4.69, 9.17) is 9.05 Å². The molecule has 1 aliphatic carbocycles. The number of hydrogen-bond donors (Lipinski definition) is 0. The average Bonchev–Trinajstić information content (AvgIpc) is 3.25. The van der Waals surface area contributed by atoms with Gasteiger partial charge in [0.2, 0.25) is 11.7 Å². The van der Waals surface area contributed by atoms with E-state index in [1.165, 1.54) is 10.6 Å². The van der Waals surface area contributed by atoms with Crippen LogP contribution < -0.4 is 5.56 Å². The number of hydrogen-bond acceptors (Lipinski definition) is 7. The van der Waals surface area contributed by atoms with Gasteiger partial charge in [-0.1, -0.05) is 22.4 Å².